The lowest BCUT2D eigenvalue weighted by atomic mass is 9.85. The van der Waals surface area contributed by atoms with Gasteiger partial charge in [0, 0.05) is 17.8 Å². The van der Waals surface area contributed by atoms with Gasteiger partial charge in [-0.15, -0.1) is 0 Å². The zero-order valence-electron chi connectivity index (χ0n) is 19.7. The minimum absolute atomic E-state index is 0.267. The monoisotopic (exact) mass is 431 g/mol. The Morgan fingerprint density at radius 3 is 1.23 bits per heavy atom. The van der Waals surface area contributed by atoms with Gasteiger partial charge in [-0.1, -0.05) is 0 Å². The second-order valence-corrected chi connectivity index (χ2v) is 10.4. The fraction of sp³-hybridized carbons (Fsp3) is 0.857. The molecule has 0 saturated carbocycles. The molecule has 0 saturated heterocycles. The molecular weight excluding hydrogens is 394 g/mol. The van der Waals surface area contributed by atoms with Crippen LogP contribution in [0, 0.1) is 10.1 Å². The molecule has 0 radical (unpaired) electrons. The van der Waals surface area contributed by atoms with Crippen LogP contribution in [-0.2, 0) is 28.6 Å². The van der Waals surface area contributed by atoms with Crippen molar-refractivity contribution in [3.63, 3.8) is 0 Å². The molecule has 0 unspecified atom stereocenters. The Balaban J connectivity index is 5.53. The lowest BCUT2D eigenvalue weighted by molar-refractivity contribution is -0.571. The van der Waals surface area contributed by atoms with Crippen LogP contribution in [0.3, 0.4) is 0 Å². The zero-order valence-corrected chi connectivity index (χ0v) is 19.7. The van der Waals surface area contributed by atoms with Gasteiger partial charge in [0.05, 0.1) is 12.8 Å². The van der Waals surface area contributed by atoms with Gasteiger partial charge in [-0.3, -0.25) is 24.5 Å². The molecule has 0 N–H and O–H groups in total. The van der Waals surface area contributed by atoms with Crippen LogP contribution in [0.1, 0.15) is 94.4 Å². The molecule has 0 rings (SSSR count). The molecule has 0 heterocycles. The van der Waals surface area contributed by atoms with Crippen LogP contribution >= 0.6 is 0 Å². The molecule has 0 fully saturated rings. The van der Waals surface area contributed by atoms with E-state index < -0.39 is 51.6 Å². The minimum Gasteiger partial charge on any atom is -0.460 e. The molecule has 0 aliphatic rings. The molecule has 0 aromatic carbocycles. The number of carbonyl (C=O) groups excluding carboxylic acids is 3. The third-order valence-electron chi connectivity index (χ3n) is 3.71. The van der Waals surface area contributed by atoms with E-state index in [1.54, 1.807) is 62.3 Å². The Bertz CT molecular complexity index is 603. The first kappa shape index (κ1) is 27.8. The van der Waals surface area contributed by atoms with Crippen molar-refractivity contribution < 1.29 is 33.5 Å². The quantitative estimate of drug-likeness (QED) is 0.232. The predicted molar refractivity (Wildman–Crippen MR) is 110 cm³/mol. The Morgan fingerprint density at radius 1 is 0.667 bits per heavy atom. The van der Waals surface area contributed by atoms with Gasteiger partial charge in [-0.05, 0) is 62.3 Å². The van der Waals surface area contributed by atoms with Gasteiger partial charge in [0.25, 0.3) is 0 Å². The number of rotatable bonds is 9. The lowest BCUT2D eigenvalue weighted by Gasteiger charge is -2.28. The van der Waals surface area contributed by atoms with Crippen LogP contribution in [0.2, 0.25) is 0 Å². The van der Waals surface area contributed by atoms with Crippen molar-refractivity contribution in [2.75, 3.05) is 0 Å². The SMILES string of the molecule is CC(C)(C)OC(=O)CCC(CCC(=O)OC(C)(C)C)(CC(=O)OC(C)(C)C)[N+](=O)[O-]. The zero-order chi connectivity index (χ0) is 24.0. The molecule has 9 nitrogen and oxygen atoms in total. The lowest BCUT2D eigenvalue weighted by Crippen LogP contribution is -2.43. The highest BCUT2D eigenvalue weighted by Crippen LogP contribution is 2.30. The number of nitro groups is 1. The van der Waals surface area contributed by atoms with Gasteiger partial charge < -0.3 is 14.2 Å². The second kappa shape index (κ2) is 10.2. The van der Waals surface area contributed by atoms with Crippen molar-refractivity contribution in [2.45, 2.75) is 117 Å². The van der Waals surface area contributed by atoms with Crippen molar-refractivity contribution >= 4 is 17.9 Å². The Labute approximate surface area is 179 Å². The number of hydrogen-bond donors (Lipinski definition) is 0. The Morgan fingerprint density at radius 2 is 0.967 bits per heavy atom. The van der Waals surface area contributed by atoms with E-state index in [9.17, 15) is 24.5 Å². The van der Waals surface area contributed by atoms with Crippen LogP contribution < -0.4 is 0 Å². The molecule has 9 heteroatoms. The summed E-state index contributed by atoms with van der Waals surface area (Å²) in [4.78, 5) is 48.0. The molecular formula is C21H37NO8. The van der Waals surface area contributed by atoms with Crippen LogP contribution in [0.4, 0.5) is 0 Å². The van der Waals surface area contributed by atoms with Crippen LogP contribution in [0.15, 0.2) is 0 Å². The average Bonchev–Trinajstić information content (AvgIpc) is 2.44. The van der Waals surface area contributed by atoms with E-state index in [0.29, 0.717) is 0 Å². The minimum atomic E-state index is -1.85. The van der Waals surface area contributed by atoms with Crippen LogP contribution in [0.25, 0.3) is 0 Å². The van der Waals surface area contributed by atoms with Gasteiger partial charge >= 0.3 is 17.9 Å². The molecule has 0 atom stereocenters. The smallest absolute Gasteiger partial charge is 0.313 e. The van der Waals surface area contributed by atoms with Gasteiger partial charge in [0.1, 0.15) is 23.2 Å². The van der Waals surface area contributed by atoms with Gasteiger partial charge in [-0.25, -0.2) is 0 Å². The highest BCUT2D eigenvalue weighted by atomic mass is 16.6. The van der Waals surface area contributed by atoms with Gasteiger partial charge in [0.2, 0.25) is 5.54 Å². The number of carbonyl (C=O) groups is 3. The normalized spacial score (nSPS) is 12.8. The average molecular weight is 432 g/mol. The van der Waals surface area contributed by atoms with E-state index in [1.165, 1.54) is 0 Å². The molecule has 0 amide bonds. The van der Waals surface area contributed by atoms with Gasteiger partial charge in [0.15, 0.2) is 0 Å². The molecule has 0 spiro atoms. The summed E-state index contributed by atoms with van der Waals surface area (Å²) in [6, 6.07) is 0. The highest BCUT2D eigenvalue weighted by molar-refractivity contribution is 5.73. The largest absolute Gasteiger partial charge is 0.460 e. The molecule has 0 aliphatic carbocycles. The van der Waals surface area contributed by atoms with Crippen molar-refractivity contribution in [2.24, 2.45) is 0 Å². The third-order valence-corrected chi connectivity index (χ3v) is 3.71. The van der Waals surface area contributed by atoms with Crippen molar-refractivity contribution in [1.82, 2.24) is 0 Å². The summed E-state index contributed by atoms with van der Waals surface area (Å²) in [5.41, 5.74) is -4.15. The van der Waals surface area contributed by atoms with Crippen molar-refractivity contribution in [3.8, 4) is 0 Å². The summed E-state index contributed by atoms with van der Waals surface area (Å²) in [6.07, 6.45) is -1.64. The van der Waals surface area contributed by atoms with E-state index in [2.05, 4.69) is 0 Å². The standard InChI is InChI=1S/C21H37NO8/c1-18(2,3)28-15(23)10-12-21(22(26)27,14-17(25)30-20(7,8)9)13-11-16(24)29-19(4,5)6/h10-14H2,1-9H3. The van der Waals surface area contributed by atoms with E-state index >= 15 is 0 Å². The number of nitrogens with zero attached hydrogens (tertiary/aromatic N) is 1. The first-order valence-corrected chi connectivity index (χ1v) is 10.0. The maximum absolute atomic E-state index is 12.4. The van der Waals surface area contributed by atoms with Crippen LogP contribution in [-0.4, -0.2) is 45.2 Å². The van der Waals surface area contributed by atoms with E-state index in [0.717, 1.165) is 0 Å². The second-order valence-electron chi connectivity index (χ2n) is 10.4. The summed E-state index contributed by atoms with van der Waals surface area (Å²) in [6.45, 7) is 15.1. The van der Waals surface area contributed by atoms with E-state index in [-0.39, 0.29) is 25.7 Å². The first-order chi connectivity index (χ1) is 13.2. The molecule has 174 valence electrons. The fourth-order valence-electron chi connectivity index (χ4n) is 2.65. The van der Waals surface area contributed by atoms with E-state index in [1.807, 2.05) is 0 Å². The number of esters is 3. The van der Waals surface area contributed by atoms with Crippen LogP contribution in [0.5, 0.6) is 0 Å². The molecule has 0 bridgehead atoms. The van der Waals surface area contributed by atoms with E-state index in [4.69, 9.17) is 14.2 Å². The Kier molecular flexibility index (Phi) is 9.47. The highest BCUT2D eigenvalue weighted by Gasteiger charge is 2.47. The summed E-state index contributed by atoms with van der Waals surface area (Å²) < 4.78 is 15.7. The Hall–Kier alpha value is -2.19. The summed E-state index contributed by atoms with van der Waals surface area (Å²) >= 11 is 0. The number of ether oxygens (including phenoxy) is 3. The van der Waals surface area contributed by atoms with Gasteiger partial charge in [-0.2, -0.15) is 0 Å². The third kappa shape index (κ3) is 12.4. The maximum Gasteiger partial charge on any atom is 0.313 e. The first-order valence-electron chi connectivity index (χ1n) is 10.0. The summed E-state index contributed by atoms with van der Waals surface area (Å²) in [5, 5.41) is 12.0. The molecule has 0 aromatic heterocycles. The predicted octanol–water partition coefficient (Wildman–Crippen LogP) is 3.98. The number of hydrogen-bond acceptors (Lipinski definition) is 8. The van der Waals surface area contributed by atoms with Crippen molar-refractivity contribution in [3.05, 3.63) is 10.1 Å². The molecule has 0 aromatic rings. The summed E-state index contributed by atoms with van der Waals surface area (Å²) in [5.74, 6) is -2.00. The summed E-state index contributed by atoms with van der Waals surface area (Å²) in [7, 11) is 0. The van der Waals surface area contributed by atoms with Crippen molar-refractivity contribution in [1.29, 1.82) is 0 Å². The fourth-order valence-corrected chi connectivity index (χ4v) is 2.65. The molecule has 30 heavy (non-hydrogen) atoms. The molecule has 0 aliphatic heterocycles. The maximum atomic E-state index is 12.4. The topological polar surface area (TPSA) is 122 Å².